The molecule has 27 heavy (non-hydrogen) atoms. The first-order valence-corrected chi connectivity index (χ1v) is 10.1. The molecule has 0 bridgehead atoms. The van der Waals surface area contributed by atoms with Crippen LogP contribution in [0, 0.1) is 5.39 Å². The van der Waals surface area contributed by atoms with Crippen LogP contribution in [0.4, 0.5) is 0 Å². The van der Waals surface area contributed by atoms with E-state index in [0.717, 1.165) is 5.56 Å². The highest BCUT2D eigenvalue weighted by Gasteiger charge is 2.41. The molecule has 0 aliphatic rings. The van der Waals surface area contributed by atoms with Gasteiger partial charge in [0, 0.05) is 12.1 Å². The van der Waals surface area contributed by atoms with Crippen molar-refractivity contribution in [3.05, 3.63) is 82.1 Å². The fourth-order valence-corrected chi connectivity index (χ4v) is 3.89. The summed E-state index contributed by atoms with van der Waals surface area (Å²) in [6, 6.07) is 17.3. The van der Waals surface area contributed by atoms with Gasteiger partial charge in [-0.05, 0) is 44.9 Å². The van der Waals surface area contributed by atoms with Crippen molar-refractivity contribution < 1.29 is 13.5 Å². The fraction of sp³-hybridized carbons (Fsp3) is 0.300. The summed E-state index contributed by atoms with van der Waals surface area (Å²) >= 11 is 0. The van der Waals surface area contributed by atoms with Crippen LogP contribution < -0.4 is 0 Å². The van der Waals surface area contributed by atoms with Crippen LogP contribution in [0.5, 0.6) is 0 Å². The van der Waals surface area contributed by atoms with Crippen LogP contribution in [-0.2, 0) is 16.3 Å². The van der Waals surface area contributed by atoms with Gasteiger partial charge in [-0.3, -0.25) is 0 Å². The minimum Gasteiger partial charge on any atom is -0.488 e. The number of diazo groups is 1. The number of hydrogen-bond donors (Lipinski definition) is 1. The molecule has 6 nitrogen and oxygen atoms in total. The fourth-order valence-electron chi connectivity index (χ4n) is 2.69. The van der Waals surface area contributed by atoms with Gasteiger partial charge in [0.1, 0.15) is 0 Å². The third-order valence-corrected chi connectivity index (χ3v) is 5.79. The Bertz CT molecular complexity index is 941. The van der Waals surface area contributed by atoms with Crippen molar-refractivity contribution in [1.82, 2.24) is 4.90 Å². The lowest BCUT2D eigenvalue weighted by molar-refractivity contribution is 0.107. The Morgan fingerprint density at radius 2 is 1.56 bits per heavy atom. The van der Waals surface area contributed by atoms with E-state index in [1.54, 1.807) is 18.2 Å². The monoisotopic (exact) mass is 386 g/mol. The second-order valence-electron chi connectivity index (χ2n) is 7.10. The van der Waals surface area contributed by atoms with E-state index in [9.17, 15) is 18.9 Å². The average Bonchev–Trinajstić information content (AvgIpc) is 2.63. The van der Waals surface area contributed by atoms with Crippen LogP contribution in [0.15, 0.2) is 76.5 Å². The summed E-state index contributed by atoms with van der Waals surface area (Å²) in [4.78, 5) is 4.39. The van der Waals surface area contributed by atoms with E-state index >= 15 is 0 Å². The summed E-state index contributed by atoms with van der Waals surface area (Å²) in [7, 11) is -4.17. The molecule has 0 heterocycles. The van der Waals surface area contributed by atoms with E-state index in [0.29, 0.717) is 13.0 Å². The molecule has 0 atom stereocenters. The van der Waals surface area contributed by atoms with E-state index in [-0.39, 0.29) is 4.90 Å². The molecule has 142 valence electrons. The minimum absolute atomic E-state index is 0.0544. The van der Waals surface area contributed by atoms with E-state index in [1.165, 1.54) is 17.0 Å². The average molecular weight is 386 g/mol. The highest BCUT2D eigenvalue weighted by Crippen LogP contribution is 2.28. The Labute approximate surface area is 160 Å². The standard InChI is InChI=1S/C20H23N3O3S/c1-20(2,3)23(15-14-16-10-6-4-7-11-16)19(24)18(22-21)27(25,26)17-12-8-5-9-13-17/h4-13H,14-15H2,1-3H3/p+1/b19-18-. The van der Waals surface area contributed by atoms with Crippen LogP contribution in [-0.4, -0.2) is 30.5 Å². The van der Waals surface area contributed by atoms with Crippen LogP contribution in [0.1, 0.15) is 26.3 Å². The lowest BCUT2D eigenvalue weighted by Gasteiger charge is -2.35. The van der Waals surface area contributed by atoms with Crippen molar-refractivity contribution in [3.63, 3.8) is 0 Å². The molecule has 0 unspecified atom stereocenters. The van der Waals surface area contributed by atoms with Crippen molar-refractivity contribution in [3.8, 4) is 0 Å². The van der Waals surface area contributed by atoms with Gasteiger partial charge in [-0.2, -0.15) is 0 Å². The van der Waals surface area contributed by atoms with Gasteiger partial charge in [-0.1, -0.05) is 48.5 Å². The Balaban J connectivity index is 2.44. The van der Waals surface area contributed by atoms with Crippen molar-refractivity contribution in [1.29, 1.82) is 5.39 Å². The zero-order valence-corrected chi connectivity index (χ0v) is 16.5. The zero-order valence-electron chi connectivity index (χ0n) is 15.7. The molecule has 2 rings (SSSR count). The SMILES string of the molecule is CC(C)(C)N(CCc1ccccc1)/C(O)=C(\[N+]#N)S(=O)(=O)c1ccccc1. The molecule has 2 aromatic rings. The molecular weight excluding hydrogens is 362 g/mol. The third kappa shape index (κ3) is 4.86. The molecule has 0 saturated heterocycles. The topological polar surface area (TPSA) is 85.8 Å². The molecule has 0 saturated carbocycles. The minimum atomic E-state index is -4.17. The maximum absolute atomic E-state index is 12.8. The predicted molar refractivity (Wildman–Crippen MR) is 105 cm³/mol. The molecule has 7 heteroatoms. The molecule has 0 amide bonds. The quantitative estimate of drug-likeness (QED) is 0.589. The third-order valence-electron chi connectivity index (χ3n) is 4.12. The number of aliphatic hydroxyl groups is 1. The van der Waals surface area contributed by atoms with Crippen LogP contribution >= 0.6 is 0 Å². The van der Waals surface area contributed by atoms with Crippen molar-refractivity contribution in [2.45, 2.75) is 37.6 Å². The van der Waals surface area contributed by atoms with Gasteiger partial charge in [0.2, 0.25) is 5.39 Å². The number of aliphatic hydroxyl groups excluding tert-OH is 1. The van der Waals surface area contributed by atoms with Crippen LogP contribution in [0.25, 0.3) is 4.98 Å². The molecule has 0 aliphatic carbocycles. The van der Waals surface area contributed by atoms with Gasteiger partial charge in [0.15, 0.2) is 4.98 Å². The molecule has 0 radical (unpaired) electrons. The van der Waals surface area contributed by atoms with Crippen LogP contribution in [0.2, 0.25) is 0 Å². The number of rotatable bonds is 6. The molecule has 2 aromatic carbocycles. The Morgan fingerprint density at radius 1 is 1.04 bits per heavy atom. The highest BCUT2D eigenvalue weighted by molar-refractivity contribution is 7.95. The Hall–Kier alpha value is -2.85. The summed E-state index contributed by atoms with van der Waals surface area (Å²) in [6.07, 6.45) is 0.590. The predicted octanol–water partition coefficient (Wildman–Crippen LogP) is 4.34. The molecule has 0 spiro atoms. The van der Waals surface area contributed by atoms with E-state index < -0.39 is 26.3 Å². The molecule has 0 fully saturated rings. The Kier molecular flexibility index (Phi) is 6.24. The second-order valence-corrected chi connectivity index (χ2v) is 8.97. The van der Waals surface area contributed by atoms with Crippen molar-refractivity contribution >= 4 is 9.84 Å². The largest absolute Gasteiger partial charge is 0.537 e. The highest BCUT2D eigenvalue weighted by atomic mass is 32.2. The second kappa shape index (κ2) is 8.23. The van der Waals surface area contributed by atoms with Gasteiger partial charge in [0.25, 0.3) is 15.7 Å². The van der Waals surface area contributed by atoms with Gasteiger partial charge in [-0.25, -0.2) is 8.42 Å². The van der Waals surface area contributed by atoms with E-state index in [1.807, 2.05) is 51.1 Å². The summed E-state index contributed by atoms with van der Waals surface area (Å²) in [5, 5.41) is 19.4. The summed E-state index contributed by atoms with van der Waals surface area (Å²) in [5.41, 5.74) is 0.453. The molecule has 0 aliphatic heterocycles. The maximum atomic E-state index is 12.8. The van der Waals surface area contributed by atoms with Crippen LogP contribution in [0.3, 0.4) is 0 Å². The number of nitrogens with zero attached hydrogens (tertiary/aromatic N) is 3. The van der Waals surface area contributed by atoms with Crippen molar-refractivity contribution in [2.24, 2.45) is 0 Å². The smallest absolute Gasteiger partial charge is 0.488 e. The first-order chi connectivity index (χ1) is 12.7. The first kappa shape index (κ1) is 20.5. The lowest BCUT2D eigenvalue weighted by atomic mass is 10.0. The number of benzene rings is 2. The van der Waals surface area contributed by atoms with Gasteiger partial charge in [0.05, 0.1) is 4.90 Å². The van der Waals surface area contributed by atoms with Crippen molar-refractivity contribution in [2.75, 3.05) is 6.54 Å². The molecule has 1 N–H and O–H groups in total. The number of sulfone groups is 1. The van der Waals surface area contributed by atoms with E-state index in [4.69, 9.17) is 0 Å². The molecule has 0 aromatic heterocycles. The van der Waals surface area contributed by atoms with E-state index in [2.05, 4.69) is 4.98 Å². The summed E-state index contributed by atoms with van der Waals surface area (Å²) in [5.74, 6) is -0.579. The van der Waals surface area contributed by atoms with Gasteiger partial charge in [-0.15, -0.1) is 0 Å². The van der Waals surface area contributed by atoms with Gasteiger partial charge >= 0.3 is 5.03 Å². The lowest BCUT2D eigenvalue weighted by Crippen LogP contribution is -2.42. The Morgan fingerprint density at radius 3 is 2.04 bits per heavy atom. The summed E-state index contributed by atoms with van der Waals surface area (Å²) < 4.78 is 25.6. The summed E-state index contributed by atoms with van der Waals surface area (Å²) in [6.45, 7) is 5.89. The maximum Gasteiger partial charge on any atom is 0.537 e. The normalized spacial score (nSPS) is 12.8. The number of hydrogen-bond acceptors (Lipinski definition) is 5. The van der Waals surface area contributed by atoms with Gasteiger partial charge < -0.3 is 10.0 Å². The molecular formula is C20H24N3O3S+. The first-order valence-electron chi connectivity index (χ1n) is 8.58. The zero-order chi connectivity index (χ0) is 20.1.